The van der Waals surface area contributed by atoms with Crippen LogP contribution in [0.15, 0.2) is 74.6 Å². The van der Waals surface area contributed by atoms with Gasteiger partial charge in [0.2, 0.25) is 0 Å². The maximum absolute atomic E-state index is 13.3. The van der Waals surface area contributed by atoms with Crippen molar-refractivity contribution in [3.05, 3.63) is 112 Å². The van der Waals surface area contributed by atoms with E-state index in [1.165, 1.54) is 4.88 Å². The predicted octanol–water partition coefficient (Wildman–Crippen LogP) is 9.72. The van der Waals surface area contributed by atoms with Crippen LogP contribution in [0.1, 0.15) is 50.3 Å². The van der Waals surface area contributed by atoms with Crippen LogP contribution in [0.2, 0.25) is 10.0 Å². The maximum atomic E-state index is 13.3. The van der Waals surface area contributed by atoms with Crippen molar-refractivity contribution >= 4 is 83.5 Å². The Bertz CT molecular complexity index is 1520. The smallest absolute Gasteiger partial charge is 0.254 e. The van der Waals surface area contributed by atoms with Crippen LogP contribution in [0.5, 0.6) is 5.75 Å². The second kappa shape index (κ2) is 13.0. The molecule has 0 saturated carbocycles. The van der Waals surface area contributed by atoms with Gasteiger partial charge in [-0.25, -0.2) is 4.99 Å². The van der Waals surface area contributed by atoms with E-state index in [0.717, 1.165) is 61.9 Å². The third-order valence-electron chi connectivity index (χ3n) is 6.41. The van der Waals surface area contributed by atoms with E-state index in [2.05, 4.69) is 37.2 Å². The monoisotopic (exact) mass is 704 g/mol. The molecule has 1 N–H and O–H groups in total. The number of halogens is 4. The number of rotatable bonds is 8. The third-order valence-corrected chi connectivity index (χ3v) is 9.38. The molecule has 1 aromatic heterocycles. The molecule has 0 unspecified atom stereocenters. The van der Waals surface area contributed by atoms with Crippen molar-refractivity contribution < 1.29 is 9.53 Å². The van der Waals surface area contributed by atoms with Gasteiger partial charge in [0.05, 0.1) is 14.5 Å². The van der Waals surface area contributed by atoms with E-state index in [0.29, 0.717) is 34.5 Å². The molecule has 200 valence electrons. The normalized spacial score (nSPS) is 12.9. The molecule has 3 aromatic carbocycles. The van der Waals surface area contributed by atoms with Gasteiger partial charge >= 0.3 is 0 Å². The van der Waals surface area contributed by atoms with Crippen LogP contribution >= 0.6 is 66.4 Å². The van der Waals surface area contributed by atoms with Crippen molar-refractivity contribution in [2.24, 2.45) is 4.99 Å². The molecule has 0 bridgehead atoms. The van der Waals surface area contributed by atoms with Crippen molar-refractivity contribution in [3.8, 4) is 5.75 Å². The molecule has 0 saturated heterocycles. The number of nitrogens with one attached hydrogen (secondary N) is 1. The number of amides is 1. The minimum Gasteiger partial charge on any atom is -0.486 e. The number of carbonyl (C=O) groups excluding carboxylic acids is 1. The second-order valence-electron chi connectivity index (χ2n) is 9.16. The summed E-state index contributed by atoms with van der Waals surface area (Å²) in [6.07, 6.45) is 5.94. The summed E-state index contributed by atoms with van der Waals surface area (Å²) in [4.78, 5) is 19.4. The van der Waals surface area contributed by atoms with Gasteiger partial charge in [0.15, 0.2) is 0 Å². The van der Waals surface area contributed by atoms with Gasteiger partial charge in [-0.15, -0.1) is 11.3 Å². The minimum absolute atomic E-state index is 0.0719. The highest BCUT2D eigenvalue weighted by atomic mass is 79.9. The van der Waals surface area contributed by atoms with E-state index in [9.17, 15) is 4.79 Å². The van der Waals surface area contributed by atoms with Crippen molar-refractivity contribution in [1.82, 2.24) is 5.32 Å². The van der Waals surface area contributed by atoms with Gasteiger partial charge in [0, 0.05) is 33.2 Å². The second-order valence-corrected chi connectivity index (χ2v) is 12.8. The molecule has 0 fully saturated rings. The van der Waals surface area contributed by atoms with Gasteiger partial charge < -0.3 is 10.1 Å². The standard InChI is InChI=1S/C30H24Br2Cl2N2O2S/c31-23-12-19(13-24(32)28(23)38-17-20-10-11-21(33)14-25(20)34)16-36-30-27(22-8-4-5-9-26(22)39-30)29(37)35-15-18-6-2-1-3-7-18/h1-3,6-7,10-14,16H,4-5,8-9,15,17H2,(H,35,37). The molecule has 0 aliphatic heterocycles. The summed E-state index contributed by atoms with van der Waals surface area (Å²) in [6, 6.07) is 19.2. The molecule has 1 aliphatic carbocycles. The molecule has 4 aromatic rings. The van der Waals surface area contributed by atoms with Crippen molar-refractivity contribution in [2.75, 3.05) is 0 Å². The number of nitrogens with zero attached hydrogens (tertiary/aromatic N) is 1. The van der Waals surface area contributed by atoms with E-state index in [1.807, 2.05) is 48.5 Å². The molecule has 0 spiro atoms. The summed E-state index contributed by atoms with van der Waals surface area (Å²) < 4.78 is 7.59. The van der Waals surface area contributed by atoms with Crippen LogP contribution in [0.4, 0.5) is 5.00 Å². The molecule has 0 radical (unpaired) electrons. The first-order valence-corrected chi connectivity index (χ1v) is 15.6. The Morgan fingerprint density at radius 3 is 2.51 bits per heavy atom. The van der Waals surface area contributed by atoms with Gasteiger partial charge in [-0.2, -0.15) is 0 Å². The van der Waals surface area contributed by atoms with Gasteiger partial charge in [-0.1, -0.05) is 59.6 Å². The average molecular weight is 707 g/mol. The van der Waals surface area contributed by atoms with Crippen LogP contribution in [-0.2, 0) is 26.0 Å². The lowest BCUT2D eigenvalue weighted by atomic mass is 9.95. The first-order chi connectivity index (χ1) is 18.9. The fourth-order valence-corrected chi connectivity index (χ4v) is 7.60. The number of hydrogen-bond acceptors (Lipinski definition) is 4. The van der Waals surface area contributed by atoms with Crippen LogP contribution in [0.3, 0.4) is 0 Å². The van der Waals surface area contributed by atoms with Crippen molar-refractivity contribution in [2.45, 2.75) is 38.8 Å². The zero-order valence-corrected chi connectivity index (χ0v) is 26.3. The molecule has 5 rings (SSSR count). The topological polar surface area (TPSA) is 50.7 Å². The molecule has 4 nitrogen and oxygen atoms in total. The van der Waals surface area contributed by atoms with Crippen LogP contribution < -0.4 is 10.1 Å². The maximum Gasteiger partial charge on any atom is 0.254 e. The SMILES string of the molecule is O=C(NCc1ccccc1)c1c(N=Cc2cc(Br)c(OCc3ccc(Cl)cc3Cl)c(Br)c2)sc2c1CCCC2. The zero-order chi connectivity index (χ0) is 27.4. The van der Waals surface area contributed by atoms with Crippen LogP contribution in [0.25, 0.3) is 0 Å². The highest BCUT2D eigenvalue weighted by Crippen LogP contribution is 2.40. The Kier molecular flexibility index (Phi) is 9.46. The van der Waals surface area contributed by atoms with Gasteiger partial charge in [-0.05, 0) is 98.5 Å². The summed E-state index contributed by atoms with van der Waals surface area (Å²) in [5.41, 5.74) is 4.63. The summed E-state index contributed by atoms with van der Waals surface area (Å²) in [7, 11) is 0. The largest absolute Gasteiger partial charge is 0.486 e. The van der Waals surface area contributed by atoms with Crippen molar-refractivity contribution in [1.29, 1.82) is 0 Å². The van der Waals surface area contributed by atoms with Crippen molar-refractivity contribution in [3.63, 3.8) is 0 Å². The van der Waals surface area contributed by atoms with Gasteiger partial charge in [-0.3, -0.25) is 4.79 Å². The van der Waals surface area contributed by atoms with E-state index < -0.39 is 0 Å². The number of aryl methyl sites for hydroxylation is 1. The van der Waals surface area contributed by atoms with Crippen LogP contribution in [0, 0.1) is 0 Å². The Labute approximate surface area is 258 Å². The number of aliphatic imine (C=N–C) groups is 1. The summed E-state index contributed by atoms with van der Waals surface area (Å²) in [5, 5.41) is 4.98. The van der Waals surface area contributed by atoms with E-state index in [-0.39, 0.29) is 5.91 Å². The third kappa shape index (κ3) is 6.95. The number of fused-ring (bicyclic) bond motifs is 1. The average Bonchev–Trinajstić information content (AvgIpc) is 3.30. The number of ether oxygens (including phenoxy) is 1. The molecule has 0 atom stereocenters. The predicted molar refractivity (Wildman–Crippen MR) is 168 cm³/mol. The fourth-order valence-electron chi connectivity index (χ4n) is 4.46. The quantitative estimate of drug-likeness (QED) is 0.186. The molecule has 1 amide bonds. The highest BCUT2D eigenvalue weighted by molar-refractivity contribution is 9.11. The molecular formula is C30H24Br2Cl2N2O2S. The summed E-state index contributed by atoms with van der Waals surface area (Å²) in [6.45, 7) is 0.777. The molecular weight excluding hydrogens is 683 g/mol. The van der Waals surface area contributed by atoms with E-state index in [4.69, 9.17) is 32.9 Å². The lowest BCUT2D eigenvalue weighted by molar-refractivity contribution is 0.0951. The fraction of sp³-hybridized carbons (Fsp3) is 0.200. The lowest BCUT2D eigenvalue weighted by Gasteiger charge is -2.13. The number of benzene rings is 3. The number of thiophene rings is 1. The Morgan fingerprint density at radius 2 is 1.77 bits per heavy atom. The molecule has 39 heavy (non-hydrogen) atoms. The lowest BCUT2D eigenvalue weighted by Crippen LogP contribution is -2.24. The highest BCUT2D eigenvalue weighted by Gasteiger charge is 2.25. The molecule has 1 heterocycles. The summed E-state index contributed by atoms with van der Waals surface area (Å²) in [5.74, 6) is 0.586. The van der Waals surface area contributed by atoms with Gasteiger partial charge in [0.25, 0.3) is 5.91 Å². The zero-order valence-electron chi connectivity index (χ0n) is 20.8. The Morgan fingerprint density at radius 1 is 1.03 bits per heavy atom. The van der Waals surface area contributed by atoms with E-state index >= 15 is 0 Å². The molecule has 9 heteroatoms. The van der Waals surface area contributed by atoms with Gasteiger partial charge in [0.1, 0.15) is 17.4 Å². The number of hydrogen-bond donors (Lipinski definition) is 1. The first-order valence-electron chi connectivity index (χ1n) is 12.5. The Hall–Kier alpha value is -2.16. The number of carbonyl (C=O) groups is 1. The van der Waals surface area contributed by atoms with E-state index in [1.54, 1.807) is 29.7 Å². The summed E-state index contributed by atoms with van der Waals surface area (Å²) >= 11 is 21.2. The Balaban J connectivity index is 1.35. The minimum atomic E-state index is -0.0719. The molecule has 1 aliphatic rings. The first kappa shape index (κ1) is 28.4. The van der Waals surface area contributed by atoms with Crippen LogP contribution in [-0.4, -0.2) is 12.1 Å².